The second kappa shape index (κ2) is 3.09. The van der Waals surface area contributed by atoms with Gasteiger partial charge in [0.2, 0.25) is 0 Å². The summed E-state index contributed by atoms with van der Waals surface area (Å²) in [7, 11) is 2.01. The van der Waals surface area contributed by atoms with Crippen molar-refractivity contribution in [1.82, 2.24) is 9.88 Å². The fourth-order valence-corrected chi connectivity index (χ4v) is 1.95. The van der Waals surface area contributed by atoms with Crippen LogP contribution in [0.3, 0.4) is 0 Å². The van der Waals surface area contributed by atoms with Gasteiger partial charge in [-0.15, -0.1) is 0 Å². The zero-order valence-electron chi connectivity index (χ0n) is 7.77. The molecule has 1 aromatic rings. The molecule has 0 radical (unpaired) electrons. The van der Waals surface area contributed by atoms with E-state index in [1.54, 1.807) is 6.20 Å². The molecule has 70 valence electrons. The van der Waals surface area contributed by atoms with Crippen LogP contribution in [0.25, 0.3) is 0 Å². The predicted molar refractivity (Wildman–Crippen MR) is 50.4 cm³/mol. The standard InChI is InChI=1S/C10H14N2O/c1-12-7-10(13,8-12)5-9-3-2-4-11-6-9/h2-4,6,13H,5,7-8H2,1H3. The van der Waals surface area contributed by atoms with Gasteiger partial charge in [0, 0.05) is 31.9 Å². The average Bonchev–Trinajstić information content (AvgIpc) is 2.03. The highest BCUT2D eigenvalue weighted by Crippen LogP contribution is 2.22. The van der Waals surface area contributed by atoms with Gasteiger partial charge in [0.15, 0.2) is 0 Å². The third-order valence-electron chi connectivity index (χ3n) is 2.38. The molecule has 13 heavy (non-hydrogen) atoms. The summed E-state index contributed by atoms with van der Waals surface area (Å²) in [6.45, 7) is 1.53. The molecule has 2 heterocycles. The van der Waals surface area contributed by atoms with Crippen LogP contribution in [0, 0.1) is 0 Å². The number of β-amino-alcohol motifs (C(OH)–C–C–N with tert-alkyl or cyclic N) is 1. The van der Waals surface area contributed by atoms with Crippen LogP contribution >= 0.6 is 0 Å². The quantitative estimate of drug-likeness (QED) is 0.707. The van der Waals surface area contributed by atoms with Crippen molar-refractivity contribution >= 4 is 0 Å². The van der Waals surface area contributed by atoms with Gasteiger partial charge in [-0.3, -0.25) is 4.98 Å². The lowest BCUT2D eigenvalue weighted by molar-refractivity contribution is -0.0848. The van der Waals surface area contributed by atoms with E-state index in [9.17, 15) is 5.11 Å². The van der Waals surface area contributed by atoms with Crippen LogP contribution in [-0.4, -0.2) is 40.7 Å². The lowest BCUT2D eigenvalue weighted by atomic mass is 9.88. The molecule has 1 fully saturated rings. The topological polar surface area (TPSA) is 36.4 Å². The van der Waals surface area contributed by atoms with E-state index < -0.39 is 5.60 Å². The molecule has 0 aliphatic carbocycles. The number of aromatic nitrogens is 1. The Morgan fingerprint density at radius 3 is 2.92 bits per heavy atom. The van der Waals surface area contributed by atoms with E-state index in [0.29, 0.717) is 6.42 Å². The minimum atomic E-state index is -0.516. The second-order valence-electron chi connectivity index (χ2n) is 3.93. The zero-order chi connectivity index (χ0) is 9.31. The van der Waals surface area contributed by atoms with Crippen molar-refractivity contribution in [3.05, 3.63) is 30.1 Å². The zero-order valence-corrected chi connectivity index (χ0v) is 7.77. The molecule has 0 saturated carbocycles. The van der Waals surface area contributed by atoms with Gasteiger partial charge in [0.05, 0.1) is 5.60 Å². The number of aliphatic hydroxyl groups is 1. The summed E-state index contributed by atoms with van der Waals surface area (Å²) in [6, 6.07) is 3.91. The van der Waals surface area contributed by atoms with Gasteiger partial charge in [-0.25, -0.2) is 0 Å². The summed E-state index contributed by atoms with van der Waals surface area (Å²) in [6.07, 6.45) is 4.28. The second-order valence-corrected chi connectivity index (χ2v) is 3.93. The molecule has 1 aliphatic rings. The van der Waals surface area contributed by atoms with E-state index in [1.807, 2.05) is 25.4 Å². The molecule has 0 atom stereocenters. The lowest BCUT2D eigenvalue weighted by Gasteiger charge is -2.44. The van der Waals surface area contributed by atoms with Gasteiger partial charge >= 0.3 is 0 Å². The van der Waals surface area contributed by atoms with Crippen molar-refractivity contribution < 1.29 is 5.11 Å². The molecule has 3 heteroatoms. The number of likely N-dealkylation sites (N-methyl/N-ethyl adjacent to an activating group) is 1. The van der Waals surface area contributed by atoms with Gasteiger partial charge in [-0.05, 0) is 18.7 Å². The Balaban J connectivity index is 1.99. The number of hydrogen-bond donors (Lipinski definition) is 1. The molecule has 0 bridgehead atoms. The Kier molecular flexibility index (Phi) is 2.06. The minimum Gasteiger partial charge on any atom is -0.387 e. The molecule has 1 aliphatic heterocycles. The summed E-state index contributed by atoms with van der Waals surface area (Å²) in [5.74, 6) is 0. The van der Waals surface area contributed by atoms with Crippen molar-refractivity contribution in [1.29, 1.82) is 0 Å². The summed E-state index contributed by atoms with van der Waals surface area (Å²) >= 11 is 0. The van der Waals surface area contributed by atoms with Gasteiger partial charge in [0.25, 0.3) is 0 Å². The molecule has 3 nitrogen and oxygen atoms in total. The first-order valence-corrected chi connectivity index (χ1v) is 4.48. The number of pyridine rings is 1. The predicted octanol–water partition coefficient (Wildman–Crippen LogP) is 0.301. The van der Waals surface area contributed by atoms with E-state index >= 15 is 0 Å². The molecule has 1 saturated heterocycles. The maximum Gasteiger partial charge on any atom is 0.0940 e. The van der Waals surface area contributed by atoms with Crippen LogP contribution in [0.5, 0.6) is 0 Å². The van der Waals surface area contributed by atoms with Gasteiger partial charge in [0.1, 0.15) is 0 Å². The van der Waals surface area contributed by atoms with Crippen LogP contribution < -0.4 is 0 Å². The first kappa shape index (κ1) is 8.66. The van der Waals surface area contributed by atoms with Crippen molar-refractivity contribution in [3.63, 3.8) is 0 Å². The molecule has 2 rings (SSSR count). The van der Waals surface area contributed by atoms with E-state index in [-0.39, 0.29) is 0 Å². The molecule has 0 amide bonds. The van der Waals surface area contributed by atoms with E-state index in [0.717, 1.165) is 18.7 Å². The molecule has 0 aromatic carbocycles. The van der Waals surface area contributed by atoms with Gasteiger partial charge in [-0.2, -0.15) is 0 Å². The highest BCUT2D eigenvalue weighted by atomic mass is 16.3. The Hall–Kier alpha value is -0.930. The minimum absolute atomic E-state index is 0.516. The fourth-order valence-electron chi connectivity index (χ4n) is 1.95. The van der Waals surface area contributed by atoms with Crippen LogP contribution in [0.1, 0.15) is 5.56 Å². The number of rotatable bonds is 2. The monoisotopic (exact) mass is 178 g/mol. The first-order chi connectivity index (χ1) is 6.18. The van der Waals surface area contributed by atoms with E-state index in [1.165, 1.54) is 0 Å². The third-order valence-corrected chi connectivity index (χ3v) is 2.38. The summed E-state index contributed by atoms with van der Waals surface area (Å²) < 4.78 is 0. The molecule has 0 spiro atoms. The molecule has 0 unspecified atom stereocenters. The Morgan fingerprint density at radius 2 is 2.38 bits per heavy atom. The smallest absolute Gasteiger partial charge is 0.0940 e. The molecule has 1 aromatic heterocycles. The van der Waals surface area contributed by atoms with Crippen LogP contribution in [-0.2, 0) is 6.42 Å². The Morgan fingerprint density at radius 1 is 1.62 bits per heavy atom. The number of hydrogen-bond acceptors (Lipinski definition) is 3. The maximum absolute atomic E-state index is 9.96. The van der Waals surface area contributed by atoms with Crippen molar-refractivity contribution in [3.8, 4) is 0 Å². The Labute approximate surface area is 78.0 Å². The highest BCUT2D eigenvalue weighted by molar-refractivity contribution is 5.14. The lowest BCUT2D eigenvalue weighted by Crippen LogP contribution is -2.61. The first-order valence-electron chi connectivity index (χ1n) is 4.48. The normalized spacial score (nSPS) is 21.1. The molecular weight excluding hydrogens is 164 g/mol. The van der Waals surface area contributed by atoms with Gasteiger partial charge in [-0.1, -0.05) is 6.07 Å². The van der Waals surface area contributed by atoms with Crippen LogP contribution in [0.2, 0.25) is 0 Å². The maximum atomic E-state index is 9.96. The molecule has 1 N–H and O–H groups in total. The van der Waals surface area contributed by atoms with Crippen LogP contribution in [0.15, 0.2) is 24.5 Å². The van der Waals surface area contributed by atoms with Crippen LogP contribution in [0.4, 0.5) is 0 Å². The largest absolute Gasteiger partial charge is 0.387 e. The average molecular weight is 178 g/mol. The van der Waals surface area contributed by atoms with Crippen molar-refractivity contribution in [2.24, 2.45) is 0 Å². The number of nitrogens with zero attached hydrogens (tertiary/aromatic N) is 2. The van der Waals surface area contributed by atoms with Crippen molar-refractivity contribution in [2.75, 3.05) is 20.1 Å². The molecular formula is C10H14N2O. The summed E-state index contributed by atoms with van der Waals surface area (Å²) in [4.78, 5) is 6.13. The number of likely N-dealkylation sites (tertiary alicyclic amines) is 1. The summed E-state index contributed by atoms with van der Waals surface area (Å²) in [5, 5.41) is 9.96. The van der Waals surface area contributed by atoms with E-state index in [2.05, 4.69) is 9.88 Å². The SMILES string of the molecule is CN1CC(O)(Cc2cccnc2)C1. The summed E-state index contributed by atoms with van der Waals surface area (Å²) in [5.41, 5.74) is 0.593. The third kappa shape index (κ3) is 1.87. The highest BCUT2D eigenvalue weighted by Gasteiger charge is 2.38. The van der Waals surface area contributed by atoms with Gasteiger partial charge < -0.3 is 10.0 Å². The fraction of sp³-hybridized carbons (Fsp3) is 0.500. The van der Waals surface area contributed by atoms with E-state index in [4.69, 9.17) is 0 Å². The van der Waals surface area contributed by atoms with Crippen molar-refractivity contribution in [2.45, 2.75) is 12.0 Å². The Bertz CT molecular complexity index is 280.